The molecule has 0 saturated heterocycles. The number of hydrogen-bond donors (Lipinski definition) is 3. The van der Waals surface area contributed by atoms with Crippen LogP contribution in [0.1, 0.15) is 47.6 Å². The van der Waals surface area contributed by atoms with Gasteiger partial charge in [0.05, 0.1) is 6.04 Å². The monoisotopic (exact) mass is 310 g/mol. The Balaban J connectivity index is 0.00000220. The van der Waals surface area contributed by atoms with Crippen LogP contribution in [0, 0.1) is 6.92 Å². The summed E-state index contributed by atoms with van der Waals surface area (Å²) in [5.41, 5.74) is 7.73. The molecule has 0 spiro atoms. The fourth-order valence-corrected chi connectivity index (χ4v) is 1.99. The minimum absolute atomic E-state index is 0. The summed E-state index contributed by atoms with van der Waals surface area (Å²) < 4.78 is 0. The van der Waals surface area contributed by atoms with E-state index in [0.717, 1.165) is 18.4 Å². The highest BCUT2D eigenvalue weighted by Gasteiger charge is 2.19. The second-order valence-electron chi connectivity index (χ2n) is 4.66. The molecular weight excluding hydrogens is 292 g/mol. The lowest BCUT2D eigenvalue weighted by Crippen LogP contribution is -2.30. The molecule has 1 heterocycles. The number of carbonyl (C=O) groups is 1. The zero-order valence-corrected chi connectivity index (χ0v) is 12.8. The van der Waals surface area contributed by atoms with E-state index in [-0.39, 0.29) is 24.4 Å². The standard InChI is InChI=1S/C13H18N6O.ClH/c1-3-4-11(12-16-18-19-17-12)15-13(20)10-7-9(14)6-5-8(10)2;/h5-7,11H,3-4,14H2,1-2H3,(H,15,20)(H,16,17,18,19);1H. The largest absolute Gasteiger partial charge is 0.399 e. The molecular formula is C13H19ClN6O. The van der Waals surface area contributed by atoms with Crippen molar-refractivity contribution >= 4 is 24.0 Å². The van der Waals surface area contributed by atoms with E-state index in [0.29, 0.717) is 17.1 Å². The number of carbonyl (C=O) groups excluding carboxylic acids is 1. The molecule has 1 atom stereocenters. The topological polar surface area (TPSA) is 110 Å². The summed E-state index contributed by atoms with van der Waals surface area (Å²) in [5.74, 6) is 0.305. The van der Waals surface area contributed by atoms with E-state index in [1.807, 2.05) is 19.9 Å². The summed E-state index contributed by atoms with van der Waals surface area (Å²) in [6.07, 6.45) is 1.64. The maximum Gasteiger partial charge on any atom is 0.252 e. The summed E-state index contributed by atoms with van der Waals surface area (Å²) in [4.78, 5) is 12.3. The minimum Gasteiger partial charge on any atom is -0.399 e. The number of halogens is 1. The Bertz CT molecular complexity index is 586. The van der Waals surface area contributed by atoms with E-state index < -0.39 is 0 Å². The number of anilines is 1. The van der Waals surface area contributed by atoms with Crippen LogP contribution in [0.3, 0.4) is 0 Å². The number of aromatic amines is 1. The summed E-state index contributed by atoms with van der Waals surface area (Å²) in [5, 5.41) is 16.7. The number of rotatable bonds is 5. The molecule has 7 nitrogen and oxygen atoms in total. The van der Waals surface area contributed by atoms with Crippen molar-refractivity contribution in [2.75, 3.05) is 5.73 Å². The van der Waals surface area contributed by atoms with Crippen LogP contribution in [0.15, 0.2) is 18.2 Å². The number of benzene rings is 1. The molecule has 0 saturated carbocycles. The first-order valence-corrected chi connectivity index (χ1v) is 6.52. The van der Waals surface area contributed by atoms with Crippen molar-refractivity contribution in [3.63, 3.8) is 0 Å². The third-order valence-electron chi connectivity index (χ3n) is 3.06. The number of hydrogen-bond acceptors (Lipinski definition) is 5. The first-order chi connectivity index (χ1) is 9.61. The molecule has 2 rings (SSSR count). The van der Waals surface area contributed by atoms with Crippen molar-refractivity contribution in [1.82, 2.24) is 25.9 Å². The molecule has 1 aromatic heterocycles. The van der Waals surface area contributed by atoms with Gasteiger partial charge in [0.15, 0.2) is 5.82 Å². The van der Waals surface area contributed by atoms with E-state index in [1.54, 1.807) is 12.1 Å². The highest BCUT2D eigenvalue weighted by molar-refractivity contribution is 5.96. The third kappa shape index (κ3) is 4.16. The van der Waals surface area contributed by atoms with Crippen LogP contribution in [0.2, 0.25) is 0 Å². The van der Waals surface area contributed by atoms with Gasteiger partial charge in [-0.2, -0.15) is 5.21 Å². The maximum absolute atomic E-state index is 12.3. The SMILES string of the molecule is CCCC(NC(=O)c1cc(N)ccc1C)c1nn[nH]n1.Cl. The molecule has 0 fully saturated rings. The van der Waals surface area contributed by atoms with Crippen molar-refractivity contribution in [1.29, 1.82) is 0 Å². The van der Waals surface area contributed by atoms with Gasteiger partial charge in [-0.3, -0.25) is 4.79 Å². The predicted octanol–water partition coefficient (Wildman–Crippen LogP) is 1.78. The van der Waals surface area contributed by atoms with Gasteiger partial charge in [-0.25, -0.2) is 0 Å². The second-order valence-corrected chi connectivity index (χ2v) is 4.66. The molecule has 114 valence electrons. The van der Waals surface area contributed by atoms with Gasteiger partial charge in [-0.15, -0.1) is 22.6 Å². The molecule has 0 aliphatic carbocycles. The Hall–Kier alpha value is -2.15. The lowest BCUT2D eigenvalue weighted by Gasteiger charge is -2.15. The third-order valence-corrected chi connectivity index (χ3v) is 3.06. The number of aryl methyl sites for hydroxylation is 1. The van der Waals surface area contributed by atoms with E-state index in [2.05, 4.69) is 25.9 Å². The number of H-pyrrole nitrogens is 1. The second kappa shape index (κ2) is 7.58. The normalized spacial score (nSPS) is 11.5. The summed E-state index contributed by atoms with van der Waals surface area (Å²) in [7, 11) is 0. The molecule has 0 aliphatic heterocycles. The molecule has 1 aromatic carbocycles. The lowest BCUT2D eigenvalue weighted by atomic mass is 10.1. The van der Waals surface area contributed by atoms with E-state index in [4.69, 9.17) is 5.73 Å². The van der Waals surface area contributed by atoms with Gasteiger partial charge < -0.3 is 11.1 Å². The van der Waals surface area contributed by atoms with Crippen LogP contribution >= 0.6 is 12.4 Å². The molecule has 0 bridgehead atoms. The van der Waals surface area contributed by atoms with Gasteiger partial charge in [0, 0.05) is 11.3 Å². The zero-order chi connectivity index (χ0) is 14.5. The molecule has 0 aliphatic rings. The predicted molar refractivity (Wildman–Crippen MR) is 82.1 cm³/mol. The quantitative estimate of drug-likeness (QED) is 0.729. The van der Waals surface area contributed by atoms with Crippen molar-refractivity contribution in [3.8, 4) is 0 Å². The Kier molecular flexibility index (Phi) is 6.10. The fourth-order valence-electron chi connectivity index (χ4n) is 1.99. The van der Waals surface area contributed by atoms with Crippen molar-refractivity contribution in [2.24, 2.45) is 0 Å². The summed E-state index contributed by atoms with van der Waals surface area (Å²) in [6, 6.07) is 5.01. The number of nitrogens with one attached hydrogen (secondary N) is 2. The van der Waals surface area contributed by atoms with Crippen LogP contribution in [0.4, 0.5) is 5.69 Å². The maximum atomic E-state index is 12.3. The molecule has 1 unspecified atom stereocenters. The van der Waals surface area contributed by atoms with Crippen LogP contribution in [-0.4, -0.2) is 26.5 Å². The molecule has 1 amide bonds. The molecule has 2 aromatic rings. The van der Waals surface area contributed by atoms with Crippen molar-refractivity contribution in [2.45, 2.75) is 32.7 Å². The van der Waals surface area contributed by atoms with E-state index >= 15 is 0 Å². The van der Waals surface area contributed by atoms with Crippen LogP contribution < -0.4 is 11.1 Å². The van der Waals surface area contributed by atoms with E-state index in [9.17, 15) is 4.79 Å². The number of aromatic nitrogens is 4. The molecule has 0 radical (unpaired) electrons. The number of tetrazole rings is 1. The Morgan fingerprint density at radius 3 is 2.86 bits per heavy atom. The molecule has 21 heavy (non-hydrogen) atoms. The average Bonchev–Trinajstić information content (AvgIpc) is 2.95. The average molecular weight is 311 g/mol. The Labute approximate surface area is 129 Å². The minimum atomic E-state index is -0.257. The van der Waals surface area contributed by atoms with Gasteiger partial charge in [0.25, 0.3) is 5.91 Å². The smallest absolute Gasteiger partial charge is 0.252 e. The van der Waals surface area contributed by atoms with Crippen molar-refractivity contribution in [3.05, 3.63) is 35.2 Å². The van der Waals surface area contributed by atoms with Gasteiger partial charge >= 0.3 is 0 Å². The first-order valence-electron chi connectivity index (χ1n) is 6.52. The number of nitrogen functional groups attached to an aromatic ring is 1. The van der Waals surface area contributed by atoms with Gasteiger partial charge in [-0.05, 0) is 31.0 Å². The van der Waals surface area contributed by atoms with Crippen LogP contribution in [0.5, 0.6) is 0 Å². The van der Waals surface area contributed by atoms with E-state index in [1.165, 1.54) is 0 Å². The summed E-state index contributed by atoms with van der Waals surface area (Å²) >= 11 is 0. The first kappa shape index (κ1) is 16.9. The molecule has 8 heteroatoms. The van der Waals surface area contributed by atoms with Gasteiger partial charge in [-0.1, -0.05) is 24.6 Å². The zero-order valence-electron chi connectivity index (χ0n) is 12.0. The van der Waals surface area contributed by atoms with Gasteiger partial charge in [0.2, 0.25) is 0 Å². The highest BCUT2D eigenvalue weighted by Crippen LogP contribution is 2.17. The lowest BCUT2D eigenvalue weighted by molar-refractivity contribution is 0.0932. The number of amides is 1. The fraction of sp³-hybridized carbons (Fsp3) is 0.385. The number of nitrogens with two attached hydrogens (primary N) is 1. The Morgan fingerprint density at radius 1 is 1.48 bits per heavy atom. The highest BCUT2D eigenvalue weighted by atomic mass is 35.5. The van der Waals surface area contributed by atoms with Crippen LogP contribution in [0.25, 0.3) is 0 Å². The number of nitrogens with zero attached hydrogens (tertiary/aromatic N) is 3. The van der Waals surface area contributed by atoms with Crippen LogP contribution in [-0.2, 0) is 0 Å². The summed E-state index contributed by atoms with van der Waals surface area (Å²) in [6.45, 7) is 3.91. The van der Waals surface area contributed by atoms with Gasteiger partial charge in [0.1, 0.15) is 0 Å². The van der Waals surface area contributed by atoms with Crippen molar-refractivity contribution < 1.29 is 4.79 Å². The molecule has 4 N–H and O–H groups in total. The Morgan fingerprint density at radius 2 is 2.24 bits per heavy atom.